The lowest BCUT2D eigenvalue weighted by Crippen LogP contribution is -2.12. The summed E-state index contributed by atoms with van der Waals surface area (Å²) in [5.41, 5.74) is 16.3. The molecule has 0 aliphatic rings. The summed E-state index contributed by atoms with van der Waals surface area (Å²) in [5.74, 6) is 0. The lowest BCUT2D eigenvalue weighted by atomic mass is 9.84. The summed E-state index contributed by atoms with van der Waals surface area (Å²) in [6, 6.07) is 97.6. The van der Waals surface area contributed by atoms with Crippen molar-refractivity contribution in [2.24, 2.45) is 0 Å². The van der Waals surface area contributed by atoms with E-state index in [9.17, 15) is 0 Å². The second-order valence-corrected chi connectivity index (χ2v) is 17.6. The maximum Gasteiger partial charge on any atom is 0.0782 e. The van der Waals surface area contributed by atoms with E-state index >= 15 is 0 Å². The fraction of sp³-hybridized carbons (Fsp3) is 0. The van der Waals surface area contributed by atoms with Gasteiger partial charge in [0.2, 0.25) is 0 Å². The summed E-state index contributed by atoms with van der Waals surface area (Å²) < 4.78 is 2.46. The lowest BCUT2D eigenvalue weighted by molar-refractivity contribution is 1.17. The Hall–Kier alpha value is -8.98. The Morgan fingerprint density at radius 1 is 0.265 bits per heavy atom. The van der Waals surface area contributed by atoms with Gasteiger partial charge in [0.1, 0.15) is 0 Å². The standard InChI is InChI=1S/C66H44N2/c1-4-18-45(19-5-1)47-34-38-53(39-35-47)67(63-33-17-31-60-58-29-14-15-32-62(58)68(66(60)63)55-40-36-46-20-10-11-25-50(46)42-55)54-27-16-26-51(43-54)52-37-41-57-56-28-12-13-30-59(56)64(48-21-6-2-7-22-48)65(61(57)44-52)49-23-8-3-9-24-49/h1-44H. The number of anilines is 3. The molecule has 2 heteroatoms. The third-order valence-corrected chi connectivity index (χ3v) is 13.7. The van der Waals surface area contributed by atoms with Crippen LogP contribution < -0.4 is 4.90 Å². The molecule has 318 valence electrons. The number of fused-ring (bicyclic) bond motifs is 7. The molecule has 0 amide bonds. The number of hydrogen-bond acceptors (Lipinski definition) is 1. The van der Waals surface area contributed by atoms with Gasteiger partial charge in [-0.3, -0.25) is 0 Å². The minimum absolute atomic E-state index is 1.07. The van der Waals surface area contributed by atoms with Crippen LogP contribution in [0.1, 0.15) is 0 Å². The molecular weight excluding hydrogens is 821 g/mol. The first-order valence-corrected chi connectivity index (χ1v) is 23.4. The highest BCUT2D eigenvalue weighted by atomic mass is 15.2. The highest BCUT2D eigenvalue weighted by Crippen LogP contribution is 2.47. The molecule has 1 heterocycles. The normalized spacial score (nSPS) is 11.5. The average Bonchev–Trinajstić information content (AvgIpc) is 3.76. The summed E-state index contributed by atoms with van der Waals surface area (Å²) >= 11 is 0. The van der Waals surface area contributed by atoms with Crippen LogP contribution in [-0.2, 0) is 0 Å². The summed E-state index contributed by atoms with van der Waals surface area (Å²) in [7, 11) is 0. The number of benzene rings is 12. The van der Waals surface area contributed by atoms with Gasteiger partial charge in [0.25, 0.3) is 0 Å². The third kappa shape index (κ3) is 6.65. The van der Waals surface area contributed by atoms with E-state index in [-0.39, 0.29) is 0 Å². The van der Waals surface area contributed by atoms with Crippen LogP contribution in [0.25, 0.3) is 104 Å². The molecule has 68 heavy (non-hydrogen) atoms. The van der Waals surface area contributed by atoms with Crippen molar-refractivity contribution in [2.75, 3.05) is 4.90 Å². The molecule has 1 aromatic heterocycles. The predicted molar refractivity (Wildman–Crippen MR) is 290 cm³/mol. The van der Waals surface area contributed by atoms with Crippen molar-refractivity contribution in [1.29, 1.82) is 0 Å². The first kappa shape index (κ1) is 39.4. The highest BCUT2D eigenvalue weighted by molar-refractivity contribution is 6.22. The molecule has 0 saturated carbocycles. The van der Waals surface area contributed by atoms with Crippen LogP contribution in [0.3, 0.4) is 0 Å². The molecule has 13 rings (SSSR count). The van der Waals surface area contributed by atoms with Crippen LogP contribution in [0.5, 0.6) is 0 Å². The monoisotopic (exact) mass is 864 g/mol. The zero-order valence-corrected chi connectivity index (χ0v) is 37.3. The van der Waals surface area contributed by atoms with Crippen molar-refractivity contribution in [3.8, 4) is 50.2 Å². The van der Waals surface area contributed by atoms with Crippen LogP contribution in [0, 0.1) is 0 Å². The van der Waals surface area contributed by atoms with Gasteiger partial charge < -0.3 is 9.47 Å². The Kier molecular flexibility index (Phi) is 9.54. The zero-order chi connectivity index (χ0) is 45.0. The van der Waals surface area contributed by atoms with Crippen molar-refractivity contribution in [3.63, 3.8) is 0 Å². The van der Waals surface area contributed by atoms with Crippen LogP contribution in [0.2, 0.25) is 0 Å². The lowest BCUT2D eigenvalue weighted by Gasteiger charge is -2.28. The highest BCUT2D eigenvalue weighted by Gasteiger charge is 2.23. The molecule has 2 nitrogen and oxygen atoms in total. The van der Waals surface area contributed by atoms with E-state index in [1.165, 1.54) is 82.0 Å². The third-order valence-electron chi connectivity index (χ3n) is 13.7. The maximum absolute atomic E-state index is 2.46. The molecule has 0 spiro atoms. The van der Waals surface area contributed by atoms with E-state index in [0.717, 1.165) is 39.4 Å². The van der Waals surface area contributed by atoms with Crippen LogP contribution in [0.4, 0.5) is 17.1 Å². The molecule has 0 aliphatic heterocycles. The fourth-order valence-corrected chi connectivity index (χ4v) is 10.6. The largest absolute Gasteiger partial charge is 0.308 e. The molecular formula is C66H44N2. The van der Waals surface area contributed by atoms with Crippen molar-refractivity contribution in [2.45, 2.75) is 0 Å². The number of para-hydroxylation sites is 2. The second-order valence-electron chi connectivity index (χ2n) is 17.6. The van der Waals surface area contributed by atoms with E-state index in [0.29, 0.717) is 0 Å². The zero-order valence-electron chi connectivity index (χ0n) is 37.3. The van der Waals surface area contributed by atoms with Gasteiger partial charge in [-0.2, -0.15) is 0 Å². The SMILES string of the molecule is c1ccc(-c2ccc(N(c3cccc(-c4ccc5c(c4)c(-c4ccccc4)c(-c4ccccc4)c4ccccc45)c3)c3cccc4c5ccccc5n(-c5ccc6ccccc6c5)c34)cc2)cc1. The molecule has 0 radical (unpaired) electrons. The van der Waals surface area contributed by atoms with Gasteiger partial charge in [-0.1, -0.05) is 212 Å². The van der Waals surface area contributed by atoms with Gasteiger partial charge >= 0.3 is 0 Å². The predicted octanol–water partition coefficient (Wildman–Crippen LogP) is 18.4. The van der Waals surface area contributed by atoms with E-state index in [2.05, 4.69) is 276 Å². The van der Waals surface area contributed by atoms with Crippen molar-refractivity contribution in [3.05, 3.63) is 267 Å². The van der Waals surface area contributed by atoms with Crippen molar-refractivity contribution < 1.29 is 0 Å². The fourth-order valence-electron chi connectivity index (χ4n) is 10.6. The summed E-state index contributed by atoms with van der Waals surface area (Å²) in [5, 5.41) is 9.84. The Balaban J connectivity index is 1.05. The minimum Gasteiger partial charge on any atom is -0.308 e. The smallest absolute Gasteiger partial charge is 0.0782 e. The van der Waals surface area contributed by atoms with E-state index < -0.39 is 0 Å². The van der Waals surface area contributed by atoms with Crippen molar-refractivity contribution in [1.82, 2.24) is 4.57 Å². The Morgan fingerprint density at radius 3 is 1.54 bits per heavy atom. The van der Waals surface area contributed by atoms with Gasteiger partial charge in [-0.05, 0) is 131 Å². The van der Waals surface area contributed by atoms with Crippen LogP contribution in [-0.4, -0.2) is 4.57 Å². The Bertz CT molecular complexity index is 4000. The van der Waals surface area contributed by atoms with Crippen molar-refractivity contribution >= 4 is 71.2 Å². The molecule has 0 N–H and O–H groups in total. The molecule has 0 atom stereocenters. The first-order valence-electron chi connectivity index (χ1n) is 23.4. The number of hydrogen-bond donors (Lipinski definition) is 0. The molecule has 12 aromatic carbocycles. The van der Waals surface area contributed by atoms with E-state index in [4.69, 9.17) is 0 Å². The molecule has 0 bridgehead atoms. The van der Waals surface area contributed by atoms with Gasteiger partial charge in [0.15, 0.2) is 0 Å². The molecule has 0 aliphatic carbocycles. The van der Waals surface area contributed by atoms with Gasteiger partial charge in [-0.25, -0.2) is 0 Å². The van der Waals surface area contributed by atoms with E-state index in [1.807, 2.05) is 0 Å². The summed E-state index contributed by atoms with van der Waals surface area (Å²) in [4.78, 5) is 2.45. The van der Waals surface area contributed by atoms with E-state index in [1.54, 1.807) is 0 Å². The number of rotatable bonds is 8. The van der Waals surface area contributed by atoms with Gasteiger partial charge in [-0.15, -0.1) is 0 Å². The average molecular weight is 865 g/mol. The molecule has 0 saturated heterocycles. The van der Waals surface area contributed by atoms with Crippen LogP contribution >= 0.6 is 0 Å². The van der Waals surface area contributed by atoms with Crippen LogP contribution in [0.15, 0.2) is 267 Å². The molecule has 0 unspecified atom stereocenters. The molecule has 0 fully saturated rings. The Morgan fingerprint density at radius 2 is 0.794 bits per heavy atom. The summed E-state index contributed by atoms with van der Waals surface area (Å²) in [6.07, 6.45) is 0. The number of nitrogens with zero attached hydrogens (tertiary/aromatic N) is 2. The minimum atomic E-state index is 1.07. The Labute approximate surface area is 395 Å². The van der Waals surface area contributed by atoms with Gasteiger partial charge in [0, 0.05) is 27.8 Å². The first-order chi connectivity index (χ1) is 33.7. The maximum atomic E-state index is 2.46. The quantitative estimate of drug-likeness (QED) is 0.138. The topological polar surface area (TPSA) is 8.17 Å². The summed E-state index contributed by atoms with van der Waals surface area (Å²) in [6.45, 7) is 0. The molecule has 13 aromatic rings. The second kappa shape index (κ2) is 16.5. The van der Waals surface area contributed by atoms with Gasteiger partial charge in [0.05, 0.1) is 16.7 Å². The number of aromatic nitrogens is 1.